The molecule has 184 valence electrons. The molecule has 0 saturated heterocycles. The van der Waals surface area contributed by atoms with E-state index in [9.17, 15) is 31.6 Å². The quantitative estimate of drug-likeness (QED) is 0.334. The van der Waals surface area contributed by atoms with Crippen LogP contribution in [0.15, 0.2) is 48.5 Å². The fourth-order valence-corrected chi connectivity index (χ4v) is 4.62. The molecule has 0 aliphatic heterocycles. The van der Waals surface area contributed by atoms with Gasteiger partial charge in [0.25, 0.3) is 0 Å². The molecular formula is C26H28F6N2. The van der Waals surface area contributed by atoms with Crippen molar-refractivity contribution in [2.24, 2.45) is 5.92 Å². The molecule has 2 nitrogen and oxygen atoms in total. The molecule has 3 rings (SSSR count). The third-order valence-electron chi connectivity index (χ3n) is 6.67. The lowest BCUT2D eigenvalue weighted by Gasteiger charge is -2.30. The third kappa shape index (κ3) is 6.12. The Labute approximate surface area is 196 Å². The zero-order valence-electron chi connectivity index (χ0n) is 19.0. The molecule has 0 spiro atoms. The van der Waals surface area contributed by atoms with E-state index in [2.05, 4.69) is 11.0 Å². The zero-order valence-corrected chi connectivity index (χ0v) is 19.0. The van der Waals surface area contributed by atoms with Gasteiger partial charge < -0.3 is 4.90 Å². The summed E-state index contributed by atoms with van der Waals surface area (Å²) >= 11 is 0. The smallest absolute Gasteiger partial charge is 0.303 e. The lowest BCUT2D eigenvalue weighted by atomic mass is 9.73. The van der Waals surface area contributed by atoms with E-state index in [-0.39, 0.29) is 11.5 Å². The van der Waals surface area contributed by atoms with Crippen molar-refractivity contribution in [2.45, 2.75) is 56.8 Å². The molecular weight excluding hydrogens is 454 g/mol. The monoisotopic (exact) mass is 482 g/mol. The number of hydrogen-bond acceptors (Lipinski definition) is 2. The predicted octanol–water partition coefficient (Wildman–Crippen LogP) is 7.24. The predicted molar refractivity (Wildman–Crippen MR) is 118 cm³/mol. The number of alkyl halides is 6. The van der Waals surface area contributed by atoms with Gasteiger partial charge in [0.15, 0.2) is 0 Å². The molecule has 0 radical (unpaired) electrons. The highest BCUT2D eigenvalue weighted by atomic mass is 19.4. The molecule has 1 saturated carbocycles. The summed E-state index contributed by atoms with van der Waals surface area (Å²) in [5, 5.41) is 10.1. The lowest BCUT2D eigenvalue weighted by molar-refractivity contribution is -0.162. The summed E-state index contributed by atoms with van der Waals surface area (Å²) in [7, 11) is 0. The fourth-order valence-electron chi connectivity index (χ4n) is 4.62. The second kappa shape index (κ2) is 10.4. The highest BCUT2D eigenvalue weighted by Gasteiger charge is 2.49. The summed E-state index contributed by atoms with van der Waals surface area (Å²) < 4.78 is 80.2. The highest BCUT2D eigenvalue weighted by molar-refractivity contribution is 5.43. The maximum atomic E-state index is 13.5. The van der Waals surface area contributed by atoms with Gasteiger partial charge in [-0.15, -0.1) is 0 Å². The second-order valence-electron chi connectivity index (χ2n) is 8.89. The Bertz CT molecular complexity index is 989. The SMILES string of the molecule is CCN(CCCC(C#N)(c1ccc(C(F)(F)F)c(C(F)(F)F)c1)C1CC1)CCc1ccccc1. The summed E-state index contributed by atoms with van der Waals surface area (Å²) in [6.45, 7) is 4.28. The Balaban J connectivity index is 1.78. The first-order valence-corrected chi connectivity index (χ1v) is 11.5. The lowest BCUT2D eigenvalue weighted by Crippen LogP contribution is -2.32. The van der Waals surface area contributed by atoms with Crippen LogP contribution in [0.5, 0.6) is 0 Å². The number of hydrogen-bond donors (Lipinski definition) is 0. The molecule has 34 heavy (non-hydrogen) atoms. The van der Waals surface area contributed by atoms with Crippen molar-refractivity contribution in [3.63, 3.8) is 0 Å². The number of likely N-dealkylation sites (N-methyl/N-ethyl adjacent to an activating group) is 1. The van der Waals surface area contributed by atoms with Crippen molar-refractivity contribution >= 4 is 0 Å². The van der Waals surface area contributed by atoms with Gasteiger partial charge in [0.1, 0.15) is 0 Å². The van der Waals surface area contributed by atoms with Crippen LogP contribution in [0.2, 0.25) is 0 Å². The van der Waals surface area contributed by atoms with E-state index in [1.54, 1.807) is 0 Å². The van der Waals surface area contributed by atoms with Crippen molar-refractivity contribution in [1.29, 1.82) is 5.26 Å². The molecule has 0 aromatic heterocycles. The number of rotatable bonds is 10. The first-order valence-electron chi connectivity index (χ1n) is 11.5. The summed E-state index contributed by atoms with van der Waals surface area (Å²) in [4.78, 5) is 2.22. The summed E-state index contributed by atoms with van der Waals surface area (Å²) in [6.07, 6.45) is -7.20. The first-order chi connectivity index (χ1) is 16.0. The largest absolute Gasteiger partial charge is 0.417 e. The first kappa shape index (κ1) is 26.1. The maximum absolute atomic E-state index is 13.5. The summed E-state index contributed by atoms with van der Waals surface area (Å²) in [6, 6.07) is 14.3. The Kier molecular flexibility index (Phi) is 7.97. The van der Waals surface area contributed by atoms with Gasteiger partial charge in [-0.1, -0.05) is 43.3 Å². The Hall–Kier alpha value is -2.53. The van der Waals surface area contributed by atoms with Crippen LogP contribution in [0.25, 0.3) is 0 Å². The van der Waals surface area contributed by atoms with Gasteiger partial charge in [-0.25, -0.2) is 0 Å². The van der Waals surface area contributed by atoms with E-state index in [0.29, 0.717) is 44.4 Å². The van der Waals surface area contributed by atoms with Crippen molar-refractivity contribution < 1.29 is 26.3 Å². The second-order valence-corrected chi connectivity index (χ2v) is 8.89. The zero-order chi connectivity index (χ0) is 25.0. The van der Waals surface area contributed by atoms with Gasteiger partial charge in [0, 0.05) is 6.54 Å². The molecule has 0 heterocycles. The topological polar surface area (TPSA) is 27.0 Å². The van der Waals surface area contributed by atoms with E-state index in [4.69, 9.17) is 0 Å². The average Bonchev–Trinajstić information content (AvgIpc) is 3.64. The number of benzene rings is 2. The highest BCUT2D eigenvalue weighted by Crippen LogP contribution is 2.51. The van der Waals surface area contributed by atoms with Crippen molar-refractivity contribution in [3.05, 3.63) is 70.8 Å². The van der Waals surface area contributed by atoms with Crippen LogP contribution in [0.3, 0.4) is 0 Å². The van der Waals surface area contributed by atoms with Crippen LogP contribution in [0.1, 0.15) is 54.9 Å². The Morgan fingerprint density at radius 3 is 2.09 bits per heavy atom. The van der Waals surface area contributed by atoms with Gasteiger partial charge in [-0.3, -0.25) is 0 Å². The van der Waals surface area contributed by atoms with Crippen molar-refractivity contribution in [2.75, 3.05) is 19.6 Å². The standard InChI is InChI=1S/C26H28F6N2/c1-2-34(16-13-19-7-4-3-5-8-19)15-6-14-24(18-33,20-9-10-20)21-11-12-22(25(27,28)29)23(17-21)26(30,31)32/h3-5,7-8,11-12,17,20H,2,6,9-10,13-16H2,1H3. The van der Waals surface area contributed by atoms with Crippen LogP contribution in [-0.4, -0.2) is 24.5 Å². The molecule has 1 aliphatic carbocycles. The van der Waals surface area contributed by atoms with Crippen molar-refractivity contribution in [3.8, 4) is 6.07 Å². The molecule has 1 unspecified atom stereocenters. The van der Waals surface area contributed by atoms with Crippen LogP contribution in [0, 0.1) is 17.2 Å². The van der Waals surface area contributed by atoms with E-state index in [0.717, 1.165) is 25.6 Å². The minimum atomic E-state index is -5.16. The van der Waals surface area contributed by atoms with E-state index < -0.39 is 28.9 Å². The van der Waals surface area contributed by atoms with Gasteiger partial charge in [0.2, 0.25) is 0 Å². The molecule has 0 amide bonds. The minimum Gasteiger partial charge on any atom is -0.303 e. The number of nitriles is 1. The number of nitrogens with zero attached hydrogens (tertiary/aromatic N) is 2. The third-order valence-corrected chi connectivity index (χ3v) is 6.67. The van der Waals surface area contributed by atoms with Crippen LogP contribution in [0.4, 0.5) is 26.3 Å². The fraction of sp³-hybridized carbons (Fsp3) is 0.500. The molecule has 1 atom stereocenters. The van der Waals surface area contributed by atoms with Gasteiger partial charge in [-0.05, 0) is 74.4 Å². The van der Waals surface area contributed by atoms with E-state index >= 15 is 0 Å². The normalized spacial score (nSPS) is 16.3. The maximum Gasteiger partial charge on any atom is 0.417 e. The minimum absolute atomic E-state index is 0.0326. The summed E-state index contributed by atoms with van der Waals surface area (Å²) in [5.74, 6) is -0.144. The molecule has 8 heteroatoms. The van der Waals surface area contributed by atoms with Gasteiger partial charge in [0.05, 0.1) is 22.6 Å². The molecule has 1 aliphatic rings. The summed E-state index contributed by atoms with van der Waals surface area (Å²) in [5.41, 5.74) is -3.43. The molecule has 0 bridgehead atoms. The Morgan fingerprint density at radius 1 is 0.912 bits per heavy atom. The molecule has 2 aromatic carbocycles. The molecule has 0 N–H and O–H groups in total. The molecule has 2 aromatic rings. The average molecular weight is 483 g/mol. The Morgan fingerprint density at radius 2 is 1.56 bits per heavy atom. The van der Waals surface area contributed by atoms with Crippen LogP contribution in [-0.2, 0) is 24.2 Å². The number of halogens is 6. The molecule has 1 fully saturated rings. The van der Waals surface area contributed by atoms with E-state index in [1.807, 2.05) is 37.3 Å². The van der Waals surface area contributed by atoms with Gasteiger partial charge in [-0.2, -0.15) is 31.6 Å². The van der Waals surface area contributed by atoms with Crippen LogP contribution >= 0.6 is 0 Å². The van der Waals surface area contributed by atoms with E-state index in [1.165, 1.54) is 5.56 Å². The van der Waals surface area contributed by atoms with Crippen LogP contribution < -0.4 is 0 Å². The van der Waals surface area contributed by atoms with Crippen molar-refractivity contribution in [1.82, 2.24) is 4.90 Å². The van der Waals surface area contributed by atoms with Gasteiger partial charge >= 0.3 is 12.4 Å².